The van der Waals surface area contributed by atoms with Crippen LogP contribution in [0.1, 0.15) is 10.5 Å². The third-order valence-electron chi connectivity index (χ3n) is 2.27. The third kappa shape index (κ3) is 1.54. The normalized spacial score (nSPS) is 16.5. The van der Waals surface area contributed by atoms with Crippen molar-refractivity contribution in [3.05, 3.63) is 24.0 Å². The number of hydrogen-bond donors (Lipinski definition) is 2. The first-order valence-corrected chi connectivity index (χ1v) is 4.43. The summed E-state index contributed by atoms with van der Waals surface area (Å²) in [6.45, 7) is 1.64. The number of rotatable bonds is 2. The Labute approximate surface area is 81.7 Å². The molecule has 0 bridgehead atoms. The smallest absolute Gasteiger partial charge is 0.267 e. The van der Waals surface area contributed by atoms with Crippen LogP contribution in [0.5, 0.6) is 0 Å². The Morgan fingerprint density at radius 1 is 1.57 bits per heavy atom. The largest absolute Gasteiger partial charge is 0.368 e. The van der Waals surface area contributed by atoms with Crippen LogP contribution < -0.4 is 16.4 Å². The molecular weight excluding hydrogens is 180 g/mol. The lowest BCUT2D eigenvalue weighted by Crippen LogP contribution is -2.55. The lowest BCUT2D eigenvalue weighted by atomic mass is 10.1. The van der Waals surface area contributed by atoms with E-state index >= 15 is 0 Å². The fraction of sp³-hybridized carbons (Fsp3) is 0.333. The second-order valence-electron chi connectivity index (χ2n) is 3.43. The van der Waals surface area contributed by atoms with Crippen LogP contribution in [0.2, 0.25) is 0 Å². The maximum Gasteiger partial charge on any atom is 0.267 e. The van der Waals surface area contributed by atoms with E-state index in [1.54, 1.807) is 12.3 Å². The minimum atomic E-state index is -0.503. The Hall–Kier alpha value is -1.62. The van der Waals surface area contributed by atoms with Crippen molar-refractivity contribution in [3.8, 4) is 0 Å². The molecule has 1 aromatic rings. The van der Waals surface area contributed by atoms with E-state index in [0.717, 1.165) is 18.8 Å². The van der Waals surface area contributed by atoms with Crippen molar-refractivity contribution in [1.82, 2.24) is 4.98 Å². The molecule has 0 aromatic carbocycles. The number of aromatic nitrogens is 1. The topological polar surface area (TPSA) is 85.2 Å². The van der Waals surface area contributed by atoms with E-state index in [0.29, 0.717) is 5.69 Å². The monoisotopic (exact) mass is 192 g/mol. The zero-order chi connectivity index (χ0) is 10.1. The second-order valence-corrected chi connectivity index (χ2v) is 3.43. The predicted molar refractivity (Wildman–Crippen MR) is 52.9 cm³/mol. The summed E-state index contributed by atoms with van der Waals surface area (Å²) in [5.74, 6) is -0.503. The molecular formula is C9H12N4O. The van der Waals surface area contributed by atoms with Crippen LogP contribution in [0.15, 0.2) is 18.3 Å². The summed E-state index contributed by atoms with van der Waals surface area (Å²) in [5.41, 5.74) is 12.0. The highest BCUT2D eigenvalue weighted by Crippen LogP contribution is 2.19. The van der Waals surface area contributed by atoms with Crippen LogP contribution in [0, 0.1) is 0 Å². The quantitative estimate of drug-likeness (QED) is 0.650. The summed E-state index contributed by atoms with van der Waals surface area (Å²) in [6.07, 6.45) is 1.58. The molecule has 1 aromatic heterocycles. The van der Waals surface area contributed by atoms with E-state index in [4.69, 9.17) is 11.5 Å². The van der Waals surface area contributed by atoms with Gasteiger partial charge in [0, 0.05) is 31.0 Å². The fourth-order valence-electron chi connectivity index (χ4n) is 1.47. The average molecular weight is 192 g/mol. The van der Waals surface area contributed by atoms with E-state index in [1.807, 2.05) is 6.07 Å². The van der Waals surface area contributed by atoms with Crippen molar-refractivity contribution < 1.29 is 4.79 Å². The molecule has 0 radical (unpaired) electrons. The molecule has 1 aliphatic rings. The molecule has 14 heavy (non-hydrogen) atoms. The molecule has 0 unspecified atom stereocenters. The SMILES string of the molecule is NC(=O)c1cc(N2CC(N)C2)ccn1. The van der Waals surface area contributed by atoms with Crippen molar-refractivity contribution in [2.24, 2.45) is 11.5 Å². The zero-order valence-corrected chi connectivity index (χ0v) is 7.68. The standard InChI is InChI=1S/C9H12N4O/c10-6-4-13(5-6)7-1-2-12-8(3-7)9(11)14/h1-3,6H,4-5,10H2,(H2,11,14). The molecule has 1 amide bonds. The molecule has 74 valence electrons. The van der Waals surface area contributed by atoms with Crippen LogP contribution in [-0.2, 0) is 0 Å². The first kappa shape index (κ1) is 8.96. The van der Waals surface area contributed by atoms with Crippen LogP contribution in [-0.4, -0.2) is 30.0 Å². The first-order chi connectivity index (χ1) is 6.66. The van der Waals surface area contributed by atoms with E-state index in [-0.39, 0.29) is 6.04 Å². The van der Waals surface area contributed by atoms with Crippen molar-refractivity contribution in [2.45, 2.75) is 6.04 Å². The molecule has 0 spiro atoms. The summed E-state index contributed by atoms with van der Waals surface area (Å²) in [5, 5.41) is 0. The van der Waals surface area contributed by atoms with Gasteiger partial charge in [-0.05, 0) is 12.1 Å². The van der Waals surface area contributed by atoms with E-state index in [1.165, 1.54) is 0 Å². The number of carbonyl (C=O) groups excluding carboxylic acids is 1. The van der Waals surface area contributed by atoms with Crippen molar-refractivity contribution in [1.29, 1.82) is 0 Å². The molecule has 0 aliphatic carbocycles. The van der Waals surface area contributed by atoms with Gasteiger partial charge in [-0.15, -0.1) is 0 Å². The molecule has 0 saturated carbocycles. The van der Waals surface area contributed by atoms with Gasteiger partial charge < -0.3 is 16.4 Å². The lowest BCUT2D eigenvalue weighted by Gasteiger charge is -2.38. The number of pyridine rings is 1. The summed E-state index contributed by atoms with van der Waals surface area (Å²) >= 11 is 0. The van der Waals surface area contributed by atoms with Gasteiger partial charge in [0.2, 0.25) is 0 Å². The molecule has 4 N–H and O–H groups in total. The number of hydrogen-bond acceptors (Lipinski definition) is 4. The second kappa shape index (κ2) is 3.26. The zero-order valence-electron chi connectivity index (χ0n) is 7.68. The van der Waals surface area contributed by atoms with Crippen molar-refractivity contribution in [2.75, 3.05) is 18.0 Å². The number of amides is 1. The molecule has 2 heterocycles. The first-order valence-electron chi connectivity index (χ1n) is 4.43. The molecule has 5 nitrogen and oxygen atoms in total. The van der Waals surface area contributed by atoms with E-state index < -0.39 is 5.91 Å². The number of primary amides is 1. The van der Waals surface area contributed by atoms with Gasteiger partial charge >= 0.3 is 0 Å². The minimum Gasteiger partial charge on any atom is -0.368 e. The highest BCUT2D eigenvalue weighted by Gasteiger charge is 2.23. The van der Waals surface area contributed by atoms with Gasteiger partial charge in [0.1, 0.15) is 5.69 Å². The Bertz CT molecular complexity index is 360. The van der Waals surface area contributed by atoms with Gasteiger partial charge in [-0.3, -0.25) is 9.78 Å². The van der Waals surface area contributed by atoms with Gasteiger partial charge in [0.05, 0.1) is 0 Å². The van der Waals surface area contributed by atoms with Crippen LogP contribution in [0.25, 0.3) is 0 Å². The van der Waals surface area contributed by atoms with Crippen molar-refractivity contribution in [3.63, 3.8) is 0 Å². The van der Waals surface area contributed by atoms with Crippen LogP contribution in [0.3, 0.4) is 0 Å². The lowest BCUT2D eigenvalue weighted by molar-refractivity contribution is 0.0995. The average Bonchev–Trinajstić information content (AvgIpc) is 2.13. The number of carbonyl (C=O) groups is 1. The predicted octanol–water partition coefficient (Wildman–Crippen LogP) is -0.672. The van der Waals surface area contributed by atoms with E-state index in [9.17, 15) is 4.79 Å². The summed E-state index contributed by atoms with van der Waals surface area (Å²) < 4.78 is 0. The van der Waals surface area contributed by atoms with Gasteiger partial charge in [-0.1, -0.05) is 0 Å². The third-order valence-corrected chi connectivity index (χ3v) is 2.27. The Balaban J connectivity index is 2.18. The Morgan fingerprint density at radius 3 is 2.86 bits per heavy atom. The molecule has 1 saturated heterocycles. The van der Waals surface area contributed by atoms with Gasteiger partial charge in [-0.25, -0.2) is 0 Å². The van der Waals surface area contributed by atoms with Gasteiger partial charge in [0.15, 0.2) is 0 Å². The van der Waals surface area contributed by atoms with Crippen molar-refractivity contribution >= 4 is 11.6 Å². The molecule has 1 fully saturated rings. The molecule has 1 aliphatic heterocycles. The van der Waals surface area contributed by atoms with E-state index in [2.05, 4.69) is 9.88 Å². The van der Waals surface area contributed by atoms with Crippen LogP contribution in [0.4, 0.5) is 5.69 Å². The number of nitrogens with zero attached hydrogens (tertiary/aromatic N) is 2. The fourth-order valence-corrected chi connectivity index (χ4v) is 1.47. The highest BCUT2D eigenvalue weighted by molar-refractivity contribution is 5.91. The summed E-state index contributed by atoms with van der Waals surface area (Å²) in [7, 11) is 0. The number of anilines is 1. The maximum atomic E-state index is 10.9. The highest BCUT2D eigenvalue weighted by atomic mass is 16.1. The minimum absolute atomic E-state index is 0.236. The maximum absolute atomic E-state index is 10.9. The van der Waals surface area contributed by atoms with Crippen LogP contribution >= 0.6 is 0 Å². The summed E-state index contributed by atoms with van der Waals surface area (Å²) in [6, 6.07) is 3.77. The van der Waals surface area contributed by atoms with Gasteiger partial charge in [-0.2, -0.15) is 0 Å². The van der Waals surface area contributed by atoms with Gasteiger partial charge in [0.25, 0.3) is 5.91 Å². The number of nitrogens with two attached hydrogens (primary N) is 2. The molecule has 0 atom stereocenters. The summed E-state index contributed by atoms with van der Waals surface area (Å²) in [4.78, 5) is 16.8. The Kier molecular flexibility index (Phi) is 2.09. The Morgan fingerprint density at radius 2 is 2.29 bits per heavy atom. The molecule has 5 heteroatoms. The molecule has 2 rings (SSSR count).